The number of methoxy groups -OCH3 is 1. The van der Waals surface area contributed by atoms with Crippen LogP contribution < -0.4 is 11.1 Å². The molecule has 1 aliphatic rings. The Bertz CT molecular complexity index is 244. The van der Waals surface area contributed by atoms with Crippen LogP contribution in [-0.4, -0.2) is 31.7 Å². The van der Waals surface area contributed by atoms with Gasteiger partial charge in [0, 0.05) is 13.7 Å². The Labute approximate surface area is 104 Å². The Balaban J connectivity index is 2.46. The number of carbonyl (C=O) groups excluding carboxylic acids is 1. The van der Waals surface area contributed by atoms with Crippen LogP contribution in [0.2, 0.25) is 0 Å². The van der Waals surface area contributed by atoms with E-state index in [1.54, 1.807) is 7.11 Å². The van der Waals surface area contributed by atoms with E-state index in [2.05, 4.69) is 19.2 Å². The van der Waals surface area contributed by atoms with Gasteiger partial charge in [0.25, 0.3) is 0 Å². The molecule has 3 N–H and O–H groups in total. The van der Waals surface area contributed by atoms with Gasteiger partial charge in [-0.15, -0.1) is 0 Å². The molecule has 4 nitrogen and oxygen atoms in total. The zero-order chi connectivity index (χ0) is 12.8. The van der Waals surface area contributed by atoms with E-state index in [1.807, 2.05) is 0 Å². The van der Waals surface area contributed by atoms with Crippen LogP contribution in [0.1, 0.15) is 39.5 Å². The molecule has 0 aliphatic heterocycles. The summed E-state index contributed by atoms with van der Waals surface area (Å²) in [6, 6.07) is 0.175. The van der Waals surface area contributed by atoms with Gasteiger partial charge in [-0.1, -0.05) is 13.8 Å². The molecule has 0 aromatic rings. The average molecular weight is 242 g/mol. The van der Waals surface area contributed by atoms with Crippen LogP contribution in [0.3, 0.4) is 0 Å². The summed E-state index contributed by atoms with van der Waals surface area (Å²) < 4.78 is 5.37. The van der Waals surface area contributed by atoms with Crippen LogP contribution in [0.4, 0.5) is 0 Å². The number of rotatable bonds is 6. The van der Waals surface area contributed by atoms with E-state index >= 15 is 0 Å². The zero-order valence-electron chi connectivity index (χ0n) is 11.2. The quantitative estimate of drug-likeness (QED) is 0.737. The second kappa shape index (κ2) is 6.97. The Morgan fingerprint density at radius 1 is 1.47 bits per heavy atom. The van der Waals surface area contributed by atoms with E-state index in [0.717, 1.165) is 25.7 Å². The molecular formula is C13H26N2O2. The number of nitrogens with one attached hydrogen (secondary N) is 1. The first-order valence-corrected chi connectivity index (χ1v) is 6.61. The zero-order valence-corrected chi connectivity index (χ0v) is 11.2. The Kier molecular flexibility index (Phi) is 5.92. The van der Waals surface area contributed by atoms with E-state index in [9.17, 15) is 4.79 Å². The predicted molar refractivity (Wildman–Crippen MR) is 68.6 cm³/mol. The molecule has 1 rings (SSSR count). The summed E-state index contributed by atoms with van der Waals surface area (Å²) in [5.41, 5.74) is 5.67. The van der Waals surface area contributed by atoms with Crippen molar-refractivity contribution in [2.75, 3.05) is 13.7 Å². The maximum Gasteiger partial charge on any atom is 0.224 e. The highest BCUT2D eigenvalue weighted by atomic mass is 16.5. The van der Waals surface area contributed by atoms with Gasteiger partial charge in [0.15, 0.2) is 0 Å². The van der Waals surface area contributed by atoms with Crippen molar-refractivity contribution in [3.05, 3.63) is 0 Å². The number of amides is 1. The van der Waals surface area contributed by atoms with Gasteiger partial charge < -0.3 is 15.8 Å². The minimum Gasteiger partial charge on any atom is -0.379 e. The van der Waals surface area contributed by atoms with Gasteiger partial charge in [0.05, 0.1) is 18.1 Å². The molecular weight excluding hydrogens is 216 g/mol. The largest absolute Gasteiger partial charge is 0.379 e. The highest BCUT2D eigenvalue weighted by Crippen LogP contribution is 2.22. The van der Waals surface area contributed by atoms with Gasteiger partial charge in [0.1, 0.15) is 0 Å². The summed E-state index contributed by atoms with van der Waals surface area (Å²) >= 11 is 0. The fraction of sp³-hybridized carbons (Fsp3) is 0.923. The molecule has 3 atom stereocenters. The van der Waals surface area contributed by atoms with Crippen molar-refractivity contribution in [2.24, 2.45) is 17.6 Å². The molecule has 1 aliphatic carbocycles. The van der Waals surface area contributed by atoms with Crippen LogP contribution in [0.25, 0.3) is 0 Å². The molecule has 0 radical (unpaired) electrons. The number of carbonyl (C=O) groups is 1. The van der Waals surface area contributed by atoms with Crippen molar-refractivity contribution in [1.29, 1.82) is 0 Å². The third kappa shape index (κ3) is 4.28. The van der Waals surface area contributed by atoms with Gasteiger partial charge in [-0.05, 0) is 31.6 Å². The Morgan fingerprint density at radius 3 is 2.71 bits per heavy atom. The van der Waals surface area contributed by atoms with Crippen LogP contribution in [0.5, 0.6) is 0 Å². The van der Waals surface area contributed by atoms with Crippen molar-refractivity contribution in [3.8, 4) is 0 Å². The Morgan fingerprint density at radius 2 is 2.18 bits per heavy atom. The normalized spacial score (nSPS) is 26.2. The molecule has 0 heterocycles. The number of hydrogen-bond acceptors (Lipinski definition) is 3. The molecule has 3 unspecified atom stereocenters. The number of ether oxygens (including phenoxy) is 1. The molecule has 0 saturated heterocycles. The van der Waals surface area contributed by atoms with Gasteiger partial charge in [-0.2, -0.15) is 0 Å². The van der Waals surface area contributed by atoms with Crippen molar-refractivity contribution >= 4 is 5.91 Å². The minimum absolute atomic E-state index is 0.0619. The monoisotopic (exact) mass is 242 g/mol. The molecule has 100 valence electrons. The first kappa shape index (κ1) is 14.5. The van der Waals surface area contributed by atoms with E-state index < -0.39 is 0 Å². The smallest absolute Gasteiger partial charge is 0.224 e. The van der Waals surface area contributed by atoms with Gasteiger partial charge in [-0.3, -0.25) is 4.79 Å². The summed E-state index contributed by atoms with van der Waals surface area (Å²) in [7, 11) is 1.71. The molecule has 1 saturated carbocycles. The summed E-state index contributed by atoms with van der Waals surface area (Å²) in [5, 5.41) is 3.09. The first-order chi connectivity index (χ1) is 8.08. The van der Waals surface area contributed by atoms with Crippen LogP contribution in [-0.2, 0) is 9.53 Å². The second-order valence-electron chi connectivity index (χ2n) is 5.38. The molecule has 0 aromatic carbocycles. The lowest BCUT2D eigenvalue weighted by molar-refractivity contribution is -0.126. The molecule has 0 aromatic heterocycles. The van der Waals surface area contributed by atoms with E-state index in [4.69, 9.17) is 10.5 Å². The summed E-state index contributed by atoms with van der Waals surface area (Å²) in [5.74, 6) is 0.527. The summed E-state index contributed by atoms with van der Waals surface area (Å²) in [6.45, 7) is 4.65. The van der Waals surface area contributed by atoms with Crippen molar-refractivity contribution in [2.45, 2.75) is 51.7 Å². The Hall–Kier alpha value is -0.610. The summed E-state index contributed by atoms with van der Waals surface area (Å²) in [4.78, 5) is 12.1. The van der Waals surface area contributed by atoms with E-state index in [0.29, 0.717) is 12.5 Å². The maximum atomic E-state index is 12.1. The lowest BCUT2D eigenvalue weighted by atomic mass is 9.96. The molecule has 4 heteroatoms. The molecule has 0 bridgehead atoms. The molecule has 1 amide bonds. The third-order valence-corrected chi connectivity index (χ3v) is 3.49. The second-order valence-corrected chi connectivity index (χ2v) is 5.38. The average Bonchev–Trinajstić information content (AvgIpc) is 2.72. The number of nitrogens with two attached hydrogens (primary N) is 1. The van der Waals surface area contributed by atoms with Gasteiger partial charge >= 0.3 is 0 Å². The molecule has 1 fully saturated rings. The minimum atomic E-state index is -0.0619. The highest BCUT2D eigenvalue weighted by molar-refractivity contribution is 5.79. The van der Waals surface area contributed by atoms with Crippen molar-refractivity contribution < 1.29 is 9.53 Å². The first-order valence-electron chi connectivity index (χ1n) is 6.61. The maximum absolute atomic E-state index is 12.1. The fourth-order valence-corrected chi connectivity index (χ4v) is 2.55. The lowest BCUT2D eigenvalue weighted by Gasteiger charge is -2.23. The van der Waals surface area contributed by atoms with Crippen LogP contribution in [0.15, 0.2) is 0 Å². The van der Waals surface area contributed by atoms with E-state index in [1.165, 1.54) is 0 Å². The summed E-state index contributed by atoms with van der Waals surface area (Å²) in [6.07, 6.45) is 4.21. The molecule has 0 spiro atoms. The SMILES string of the molecule is COC1CCCC1NC(=O)C(CN)CC(C)C. The third-order valence-electron chi connectivity index (χ3n) is 3.49. The topological polar surface area (TPSA) is 64.3 Å². The van der Waals surface area contributed by atoms with Crippen LogP contribution in [0, 0.1) is 11.8 Å². The fourth-order valence-electron chi connectivity index (χ4n) is 2.55. The van der Waals surface area contributed by atoms with Gasteiger partial charge in [-0.25, -0.2) is 0 Å². The van der Waals surface area contributed by atoms with Gasteiger partial charge in [0.2, 0.25) is 5.91 Å². The predicted octanol–water partition coefficient (Wildman–Crippen LogP) is 1.29. The number of hydrogen-bond donors (Lipinski definition) is 2. The van der Waals surface area contributed by atoms with Crippen molar-refractivity contribution in [1.82, 2.24) is 5.32 Å². The van der Waals surface area contributed by atoms with Crippen molar-refractivity contribution in [3.63, 3.8) is 0 Å². The standard InChI is InChI=1S/C13H26N2O2/c1-9(2)7-10(8-14)13(16)15-11-5-4-6-12(11)17-3/h9-12H,4-8,14H2,1-3H3,(H,15,16). The van der Waals surface area contributed by atoms with Crippen LogP contribution >= 0.6 is 0 Å². The van der Waals surface area contributed by atoms with E-state index in [-0.39, 0.29) is 24.0 Å². The highest BCUT2D eigenvalue weighted by Gasteiger charge is 2.30. The lowest BCUT2D eigenvalue weighted by Crippen LogP contribution is -2.45. The molecule has 17 heavy (non-hydrogen) atoms.